The molecule has 4 nitrogen and oxygen atoms in total. The summed E-state index contributed by atoms with van der Waals surface area (Å²) in [5.41, 5.74) is 0.949. The molecule has 0 fully saturated rings. The molecule has 0 amide bonds. The Morgan fingerprint density at radius 3 is 2.87 bits per heavy atom. The molecule has 0 spiro atoms. The first-order chi connectivity index (χ1) is 7.13. The predicted octanol–water partition coefficient (Wildman–Crippen LogP) is 2.91. The Balaban J connectivity index is 2.62. The van der Waals surface area contributed by atoms with Crippen LogP contribution in [-0.4, -0.2) is 11.0 Å². The Labute approximate surface area is 89.0 Å². The predicted molar refractivity (Wildman–Crippen MR) is 57.6 cm³/mol. The van der Waals surface area contributed by atoms with Gasteiger partial charge in [-0.25, -0.2) is 0 Å². The summed E-state index contributed by atoms with van der Waals surface area (Å²) in [6, 6.07) is 6.53. The van der Waals surface area contributed by atoms with Crippen molar-refractivity contribution < 1.29 is 9.66 Å². The van der Waals surface area contributed by atoms with Gasteiger partial charge in [-0.15, -0.1) is 0 Å². The lowest BCUT2D eigenvalue weighted by Gasteiger charge is -2.09. The summed E-state index contributed by atoms with van der Waals surface area (Å²) in [5.74, 6) is 0. The van der Waals surface area contributed by atoms with E-state index < -0.39 is 4.92 Å². The number of ether oxygens (including phenoxy) is 1. The number of non-ortho nitro benzene ring substituents is 1. The van der Waals surface area contributed by atoms with Crippen LogP contribution < -0.4 is 0 Å². The highest BCUT2D eigenvalue weighted by Crippen LogP contribution is 2.14. The third-order valence-corrected chi connectivity index (χ3v) is 2.23. The van der Waals surface area contributed by atoms with E-state index in [0.717, 1.165) is 12.0 Å². The highest BCUT2D eigenvalue weighted by atomic mass is 16.6. The summed E-state index contributed by atoms with van der Waals surface area (Å²) in [6.45, 7) is 4.45. The van der Waals surface area contributed by atoms with Crippen molar-refractivity contribution in [1.29, 1.82) is 0 Å². The lowest BCUT2D eigenvalue weighted by atomic mass is 10.2. The molecule has 1 aromatic carbocycles. The Morgan fingerprint density at radius 1 is 1.53 bits per heavy atom. The number of hydrogen-bond donors (Lipinski definition) is 0. The van der Waals surface area contributed by atoms with Gasteiger partial charge in [-0.05, 0) is 18.9 Å². The minimum absolute atomic E-state index is 0.111. The minimum Gasteiger partial charge on any atom is -0.374 e. The molecule has 0 aromatic heterocycles. The zero-order valence-electron chi connectivity index (χ0n) is 8.97. The quantitative estimate of drug-likeness (QED) is 0.553. The Kier molecular flexibility index (Phi) is 4.24. The highest BCUT2D eigenvalue weighted by molar-refractivity contribution is 5.33. The van der Waals surface area contributed by atoms with Crippen molar-refractivity contribution in [2.24, 2.45) is 0 Å². The molecule has 1 unspecified atom stereocenters. The molecule has 1 aromatic rings. The van der Waals surface area contributed by atoms with E-state index in [0.29, 0.717) is 6.61 Å². The number of nitro benzene ring substituents is 1. The topological polar surface area (TPSA) is 52.4 Å². The van der Waals surface area contributed by atoms with Crippen LogP contribution in [0.5, 0.6) is 0 Å². The van der Waals surface area contributed by atoms with Crippen LogP contribution >= 0.6 is 0 Å². The number of nitrogens with zero attached hydrogens (tertiary/aromatic N) is 1. The minimum atomic E-state index is -0.396. The molecule has 15 heavy (non-hydrogen) atoms. The maximum atomic E-state index is 10.5. The van der Waals surface area contributed by atoms with E-state index in [1.54, 1.807) is 12.1 Å². The summed E-state index contributed by atoms with van der Waals surface area (Å²) in [4.78, 5) is 10.1. The Morgan fingerprint density at radius 2 is 2.27 bits per heavy atom. The smallest absolute Gasteiger partial charge is 0.269 e. The van der Waals surface area contributed by atoms with Gasteiger partial charge in [0, 0.05) is 12.1 Å². The van der Waals surface area contributed by atoms with Crippen molar-refractivity contribution in [2.75, 3.05) is 0 Å². The zero-order valence-corrected chi connectivity index (χ0v) is 8.97. The third kappa shape index (κ3) is 3.67. The van der Waals surface area contributed by atoms with Crippen LogP contribution in [0, 0.1) is 10.1 Å². The Hall–Kier alpha value is -1.42. The highest BCUT2D eigenvalue weighted by Gasteiger charge is 2.06. The summed E-state index contributed by atoms with van der Waals surface area (Å²) in [6.07, 6.45) is 1.12. The molecule has 0 heterocycles. The van der Waals surface area contributed by atoms with E-state index in [9.17, 15) is 10.1 Å². The Bertz CT molecular complexity index is 338. The summed E-state index contributed by atoms with van der Waals surface area (Å²) in [7, 11) is 0. The van der Waals surface area contributed by atoms with Gasteiger partial charge >= 0.3 is 0 Å². The van der Waals surface area contributed by atoms with E-state index in [1.165, 1.54) is 6.07 Å². The van der Waals surface area contributed by atoms with E-state index in [2.05, 4.69) is 0 Å². The number of rotatable bonds is 5. The molecule has 0 N–H and O–H groups in total. The fourth-order valence-electron chi connectivity index (χ4n) is 1.12. The van der Waals surface area contributed by atoms with Gasteiger partial charge in [-0.1, -0.05) is 19.1 Å². The first kappa shape index (κ1) is 11.7. The SMILES string of the molecule is CCC(C)OCc1cccc([N+](=O)[O-])c1. The molecule has 0 bridgehead atoms. The molecule has 82 valence electrons. The van der Waals surface area contributed by atoms with Crippen molar-refractivity contribution in [3.63, 3.8) is 0 Å². The zero-order chi connectivity index (χ0) is 11.3. The van der Waals surface area contributed by atoms with Gasteiger partial charge in [0.1, 0.15) is 0 Å². The normalized spacial score (nSPS) is 12.4. The molecular formula is C11H15NO3. The first-order valence-electron chi connectivity index (χ1n) is 4.98. The van der Waals surface area contributed by atoms with E-state index in [1.807, 2.05) is 19.9 Å². The van der Waals surface area contributed by atoms with Gasteiger partial charge in [0.05, 0.1) is 17.6 Å². The standard InChI is InChI=1S/C11H15NO3/c1-3-9(2)15-8-10-5-4-6-11(7-10)12(13)14/h4-7,9H,3,8H2,1-2H3. The van der Waals surface area contributed by atoms with Crippen LogP contribution in [-0.2, 0) is 11.3 Å². The second-order valence-electron chi connectivity index (χ2n) is 3.46. The molecule has 1 rings (SSSR count). The van der Waals surface area contributed by atoms with Crippen molar-refractivity contribution in [2.45, 2.75) is 33.0 Å². The molecule has 0 aliphatic rings. The fraction of sp³-hybridized carbons (Fsp3) is 0.455. The van der Waals surface area contributed by atoms with Crippen molar-refractivity contribution in [3.8, 4) is 0 Å². The summed E-state index contributed by atoms with van der Waals surface area (Å²) in [5, 5.41) is 10.5. The first-order valence-corrected chi connectivity index (χ1v) is 4.98. The monoisotopic (exact) mass is 209 g/mol. The third-order valence-electron chi connectivity index (χ3n) is 2.23. The molecule has 0 saturated carbocycles. The van der Waals surface area contributed by atoms with Crippen molar-refractivity contribution in [3.05, 3.63) is 39.9 Å². The van der Waals surface area contributed by atoms with E-state index in [-0.39, 0.29) is 11.8 Å². The van der Waals surface area contributed by atoms with Gasteiger partial charge < -0.3 is 4.74 Å². The summed E-state index contributed by atoms with van der Waals surface area (Å²) < 4.78 is 5.49. The molecular weight excluding hydrogens is 194 g/mol. The van der Waals surface area contributed by atoms with E-state index >= 15 is 0 Å². The second-order valence-corrected chi connectivity index (χ2v) is 3.46. The van der Waals surface area contributed by atoms with Gasteiger partial charge in [0.15, 0.2) is 0 Å². The van der Waals surface area contributed by atoms with Gasteiger partial charge in [-0.2, -0.15) is 0 Å². The second kappa shape index (κ2) is 5.46. The van der Waals surface area contributed by atoms with Crippen LogP contribution in [0.2, 0.25) is 0 Å². The lowest BCUT2D eigenvalue weighted by Crippen LogP contribution is -2.06. The maximum Gasteiger partial charge on any atom is 0.269 e. The molecule has 1 atom stereocenters. The average Bonchev–Trinajstić information content (AvgIpc) is 2.26. The van der Waals surface area contributed by atoms with Crippen molar-refractivity contribution >= 4 is 5.69 Å². The number of benzene rings is 1. The average molecular weight is 209 g/mol. The largest absolute Gasteiger partial charge is 0.374 e. The molecule has 0 aliphatic carbocycles. The lowest BCUT2D eigenvalue weighted by molar-refractivity contribution is -0.385. The molecule has 0 radical (unpaired) electrons. The van der Waals surface area contributed by atoms with Crippen LogP contribution in [0.4, 0.5) is 5.69 Å². The van der Waals surface area contributed by atoms with Gasteiger partial charge in [0.25, 0.3) is 5.69 Å². The van der Waals surface area contributed by atoms with Crippen LogP contribution in [0.3, 0.4) is 0 Å². The number of nitro groups is 1. The summed E-state index contributed by atoms with van der Waals surface area (Å²) >= 11 is 0. The maximum absolute atomic E-state index is 10.5. The van der Waals surface area contributed by atoms with Gasteiger partial charge in [-0.3, -0.25) is 10.1 Å². The van der Waals surface area contributed by atoms with Crippen molar-refractivity contribution in [1.82, 2.24) is 0 Å². The molecule has 4 heteroatoms. The van der Waals surface area contributed by atoms with Crippen LogP contribution in [0.15, 0.2) is 24.3 Å². The van der Waals surface area contributed by atoms with E-state index in [4.69, 9.17) is 4.74 Å². The fourth-order valence-corrected chi connectivity index (χ4v) is 1.12. The van der Waals surface area contributed by atoms with Crippen LogP contribution in [0.25, 0.3) is 0 Å². The molecule has 0 saturated heterocycles. The van der Waals surface area contributed by atoms with Crippen LogP contribution in [0.1, 0.15) is 25.8 Å². The van der Waals surface area contributed by atoms with Gasteiger partial charge in [0.2, 0.25) is 0 Å². The number of hydrogen-bond acceptors (Lipinski definition) is 3. The molecule has 0 aliphatic heterocycles.